The number of carboxylic acids is 1. The van der Waals surface area contributed by atoms with Crippen LogP contribution in [0.25, 0.3) is 0 Å². The molecule has 1 aromatic carbocycles. The maximum atomic E-state index is 11.9. The summed E-state index contributed by atoms with van der Waals surface area (Å²) in [7, 11) is 1.58. The molecule has 0 aliphatic carbocycles. The number of anilines is 1. The third kappa shape index (κ3) is 2.61. The molecular formula is C15H19NO4. The van der Waals surface area contributed by atoms with E-state index in [1.54, 1.807) is 12.0 Å². The van der Waals surface area contributed by atoms with Gasteiger partial charge in [0.2, 0.25) is 5.91 Å². The molecule has 5 heteroatoms. The van der Waals surface area contributed by atoms with E-state index in [0.29, 0.717) is 18.7 Å². The Bertz CT molecular complexity index is 553. The Hall–Kier alpha value is -2.04. The number of fused-ring (bicyclic) bond motifs is 1. The predicted molar refractivity (Wildman–Crippen MR) is 75.2 cm³/mol. The van der Waals surface area contributed by atoms with Crippen LogP contribution in [0, 0.1) is 12.8 Å². The molecule has 0 aromatic heterocycles. The van der Waals surface area contributed by atoms with Gasteiger partial charge in [-0.05, 0) is 36.5 Å². The summed E-state index contributed by atoms with van der Waals surface area (Å²) < 4.78 is 5.35. The molecule has 1 heterocycles. The first kappa shape index (κ1) is 14.4. The number of rotatable bonds is 3. The Morgan fingerprint density at radius 2 is 2.15 bits per heavy atom. The lowest BCUT2D eigenvalue weighted by atomic mass is 9.87. The molecule has 0 radical (unpaired) electrons. The van der Waals surface area contributed by atoms with E-state index in [9.17, 15) is 9.59 Å². The van der Waals surface area contributed by atoms with Gasteiger partial charge in [0, 0.05) is 13.5 Å². The zero-order valence-corrected chi connectivity index (χ0v) is 12.0. The second-order valence-electron chi connectivity index (χ2n) is 5.21. The Balaban J connectivity index is 2.49. The minimum absolute atomic E-state index is 0.0605. The molecule has 1 N–H and O–H groups in total. The fourth-order valence-corrected chi connectivity index (χ4v) is 2.81. The van der Waals surface area contributed by atoms with Gasteiger partial charge in [0.15, 0.2) is 0 Å². The van der Waals surface area contributed by atoms with E-state index in [1.807, 2.05) is 19.1 Å². The van der Waals surface area contributed by atoms with Crippen LogP contribution in [-0.2, 0) is 16.0 Å². The van der Waals surface area contributed by atoms with Crippen molar-refractivity contribution in [3.05, 3.63) is 23.3 Å². The Morgan fingerprint density at radius 1 is 1.45 bits per heavy atom. The van der Waals surface area contributed by atoms with E-state index in [2.05, 4.69) is 0 Å². The Morgan fingerprint density at radius 3 is 2.70 bits per heavy atom. The highest BCUT2D eigenvalue weighted by molar-refractivity contribution is 5.95. The number of aryl methyl sites for hydroxylation is 1. The van der Waals surface area contributed by atoms with Crippen LogP contribution in [0.3, 0.4) is 0 Å². The third-order valence-electron chi connectivity index (χ3n) is 3.75. The van der Waals surface area contributed by atoms with Crippen molar-refractivity contribution in [2.24, 2.45) is 5.92 Å². The molecule has 108 valence electrons. The molecule has 2 rings (SSSR count). The van der Waals surface area contributed by atoms with E-state index in [4.69, 9.17) is 9.84 Å². The quantitative estimate of drug-likeness (QED) is 0.917. The second-order valence-corrected chi connectivity index (χ2v) is 5.21. The summed E-state index contributed by atoms with van der Waals surface area (Å²) in [5.41, 5.74) is 2.86. The van der Waals surface area contributed by atoms with E-state index < -0.39 is 5.97 Å². The zero-order valence-electron chi connectivity index (χ0n) is 12.0. The number of ether oxygens (including phenoxy) is 1. The minimum Gasteiger partial charge on any atom is -0.495 e. The van der Waals surface area contributed by atoms with Crippen molar-refractivity contribution in [2.45, 2.75) is 26.7 Å². The van der Waals surface area contributed by atoms with Gasteiger partial charge in [0.05, 0.1) is 19.2 Å². The van der Waals surface area contributed by atoms with Gasteiger partial charge in [-0.3, -0.25) is 9.59 Å². The van der Waals surface area contributed by atoms with Crippen molar-refractivity contribution in [2.75, 3.05) is 18.6 Å². The van der Waals surface area contributed by atoms with E-state index in [1.165, 1.54) is 6.92 Å². The van der Waals surface area contributed by atoms with Crippen LogP contribution in [0.15, 0.2) is 12.1 Å². The number of nitrogens with zero attached hydrogens (tertiary/aromatic N) is 1. The summed E-state index contributed by atoms with van der Waals surface area (Å²) in [6, 6.07) is 3.79. The molecule has 5 nitrogen and oxygen atoms in total. The van der Waals surface area contributed by atoms with Gasteiger partial charge in [-0.25, -0.2) is 0 Å². The van der Waals surface area contributed by atoms with Crippen LogP contribution in [0.4, 0.5) is 5.69 Å². The first-order valence-corrected chi connectivity index (χ1v) is 6.60. The number of hydrogen-bond donors (Lipinski definition) is 1. The molecule has 1 aliphatic heterocycles. The maximum Gasteiger partial charge on any atom is 0.303 e. The van der Waals surface area contributed by atoms with Crippen molar-refractivity contribution in [1.29, 1.82) is 0 Å². The first-order chi connectivity index (χ1) is 9.43. The fraction of sp³-hybridized carbons (Fsp3) is 0.467. The number of aliphatic carboxylic acids is 1. The Labute approximate surface area is 118 Å². The fourth-order valence-electron chi connectivity index (χ4n) is 2.81. The summed E-state index contributed by atoms with van der Waals surface area (Å²) in [4.78, 5) is 24.5. The number of methoxy groups -OCH3 is 1. The number of carboxylic acid groups (broad SMARTS) is 1. The van der Waals surface area contributed by atoms with Gasteiger partial charge in [-0.15, -0.1) is 0 Å². The molecule has 1 aromatic rings. The van der Waals surface area contributed by atoms with Crippen LogP contribution in [0.1, 0.15) is 24.5 Å². The molecule has 1 atom stereocenters. The number of amides is 1. The monoisotopic (exact) mass is 277 g/mol. The minimum atomic E-state index is -0.831. The summed E-state index contributed by atoms with van der Waals surface area (Å²) in [5, 5.41) is 8.98. The van der Waals surface area contributed by atoms with Crippen LogP contribution >= 0.6 is 0 Å². The van der Waals surface area contributed by atoms with Crippen molar-refractivity contribution in [3.63, 3.8) is 0 Å². The molecule has 0 fully saturated rings. The standard InChI is InChI=1S/C15H19NO4/c1-9-4-5-13(20-3)15-12(9)6-11(7-14(18)19)8-16(15)10(2)17/h4-5,11H,6-8H2,1-3H3,(H,18,19). The highest BCUT2D eigenvalue weighted by Crippen LogP contribution is 2.40. The van der Waals surface area contributed by atoms with Crippen LogP contribution in [0.5, 0.6) is 5.75 Å². The lowest BCUT2D eigenvalue weighted by Gasteiger charge is -2.35. The highest BCUT2D eigenvalue weighted by atomic mass is 16.5. The predicted octanol–water partition coefficient (Wildman–Crippen LogP) is 2.00. The first-order valence-electron chi connectivity index (χ1n) is 6.60. The normalized spacial score (nSPS) is 17.6. The topological polar surface area (TPSA) is 66.8 Å². The Kier molecular flexibility index (Phi) is 3.97. The number of benzene rings is 1. The molecule has 1 unspecified atom stereocenters. The van der Waals surface area contributed by atoms with Crippen molar-refractivity contribution in [1.82, 2.24) is 0 Å². The van der Waals surface area contributed by atoms with Crippen LogP contribution in [0.2, 0.25) is 0 Å². The number of carbonyl (C=O) groups is 2. The van der Waals surface area contributed by atoms with Crippen LogP contribution in [-0.4, -0.2) is 30.6 Å². The highest BCUT2D eigenvalue weighted by Gasteiger charge is 2.31. The van der Waals surface area contributed by atoms with Gasteiger partial charge in [0.1, 0.15) is 5.75 Å². The van der Waals surface area contributed by atoms with Gasteiger partial charge in [-0.2, -0.15) is 0 Å². The smallest absolute Gasteiger partial charge is 0.303 e. The molecule has 0 bridgehead atoms. The van der Waals surface area contributed by atoms with Crippen molar-refractivity contribution < 1.29 is 19.4 Å². The van der Waals surface area contributed by atoms with Gasteiger partial charge in [-0.1, -0.05) is 6.07 Å². The number of hydrogen-bond acceptors (Lipinski definition) is 3. The summed E-state index contributed by atoms with van der Waals surface area (Å²) in [6.45, 7) is 3.89. The molecule has 0 saturated carbocycles. The lowest BCUT2D eigenvalue weighted by molar-refractivity contribution is -0.138. The van der Waals surface area contributed by atoms with E-state index in [-0.39, 0.29) is 18.2 Å². The van der Waals surface area contributed by atoms with Gasteiger partial charge >= 0.3 is 5.97 Å². The molecular weight excluding hydrogens is 258 g/mol. The SMILES string of the molecule is COc1ccc(C)c2c1N(C(C)=O)CC(CC(=O)O)C2. The average molecular weight is 277 g/mol. The van der Waals surface area contributed by atoms with Gasteiger partial charge in [0.25, 0.3) is 0 Å². The molecule has 1 aliphatic rings. The van der Waals surface area contributed by atoms with E-state index >= 15 is 0 Å². The summed E-state index contributed by atoms with van der Waals surface area (Å²) >= 11 is 0. The third-order valence-corrected chi connectivity index (χ3v) is 3.75. The van der Waals surface area contributed by atoms with Crippen LogP contribution < -0.4 is 9.64 Å². The van der Waals surface area contributed by atoms with Crippen molar-refractivity contribution >= 4 is 17.6 Å². The zero-order chi connectivity index (χ0) is 14.9. The van der Waals surface area contributed by atoms with Crippen molar-refractivity contribution in [3.8, 4) is 5.75 Å². The largest absolute Gasteiger partial charge is 0.495 e. The molecule has 0 saturated heterocycles. The molecule has 20 heavy (non-hydrogen) atoms. The molecule has 1 amide bonds. The van der Waals surface area contributed by atoms with Gasteiger partial charge < -0.3 is 14.7 Å². The maximum absolute atomic E-state index is 11.9. The molecule has 0 spiro atoms. The number of carbonyl (C=O) groups excluding carboxylic acids is 1. The summed E-state index contributed by atoms with van der Waals surface area (Å²) in [6.07, 6.45) is 0.730. The average Bonchev–Trinajstić information content (AvgIpc) is 2.38. The second kappa shape index (κ2) is 5.53. The summed E-state index contributed by atoms with van der Waals surface area (Å²) in [5.74, 6) is -0.322. The van der Waals surface area contributed by atoms with E-state index in [0.717, 1.165) is 16.8 Å². The lowest BCUT2D eigenvalue weighted by Crippen LogP contribution is -2.40.